The number of imidazole rings is 3. The van der Waals surface area contributed by atoms with E-state index < -0.39 is 142 Å². The molecular formula is C38H50N13O24P4-3. The van der Waals surface area contributed by atoms with E-state index in [1.807, 2.05) is 0 Å². The molecule has 0 bridgehead atoms. The van der Waals surface area contributed by atoms with Crippen LogP contribution >= 0.6 is 31.3 Å². The molecule has 0 aliphatic carbocycles. The van der Waals surface area contributed by atoms with Crippen LogP contribution in [0.1, 0.15) is 38.2 Å². The highest BCUT2D eigenvalue weighted by molar-refractivity contribution is 7.65. The molecule has 0 amide bonds. The number of nitrogens with two attached hydrogens (primary N) is 2. The van der Waals surface area contributed by atoms with Crippen LogP contribution in [0.4, 0.5) is 11.8 Å². The first-order valence-corrected chi connectivity index (χ1v) is 29.0. The first-order chi connectivity index (χ1) is 37.1. The molecule has 0 aromatic carbocycles. The molecule has 7 unspecified atom stereocenters. The van der Waals surface area contributed by atoms with Crippen LogP contribution in [0.5, 0.6) is 0 Å². The van der Waals surface area contributed by atoms with Gasteiger partial charge in [0.05, 0.1) is 51.1 Å². The molecule has 79 heavy (non-hydrogen) atoms. The lowest BCUT2D eigenvalue weighted by molar-refractivity contribution is -0.745. The third-order valence-electron chi connectivity index (χ3n) is 12.4. The van der Waals surface area contributed by atoms with E-state index in [4.69, 9.17) is 53.5 Å². The molecule has 3 aliphatic rings. The maximum Gasteiger partial charge on any atom is 0.313 e. The van der Waals surface area contributed by atoms with E-state index in [1.54, 1.807) is 26.8 Å². The average Bonchev–Trinajstić information content (AvgIpc) is 4.37. The van der Waals surface area contributed by atoms with Crippen LogP contribution < -0.4 is 46.7 Å². The molecule has 9 heterocycles. The number of methoxy groups -OCH3 is 2. The van der Waals surface area contributed by atoms with Gasteiger partial charge in [0.25, 0.3) is 48.4 Å². The minimum Gasteiger partial charge on any atom is -0.756 e. The molecule has 3 aliphatic heterocycles. The van der Waals surface area contributed by atoms with Gasteiger partial charge in [0, 0.05) is 19.9 Å². The van der Waals surface area contributed by atoms with Crippen molar-refractivity contribution in [3.8, 4) is 0 Å². The number of anilines is 2. The van der Waals surface area contributed by atoms with Crippen LogP contribution in [0, 0.1) is 6.92 Å². The molecule has 6 aromatic rings. The zero-order chi connectivity index (χ0) is 57.3. The summed E-state index contributed by atoms with van der Waals surface area (Å²) in [5.74, 6) is -0.381. The predicted molar refractivity (Wildman–Crippen MR) is 251 cm³/mol. The molecule has 8 N–H and O–H groups in total. The van der Waals surface area contributed by atoms with Gasteiger partial charge in [-0.3, -0.25) is 42.0 Å². The minimum atomic E-state index is -6.55. The van der Waals surface area contributed by atoms with Gasteiger partial charge >= 0.3 is 5.65 Å². The maximum absolute atomic E-state index is 13.8. The van der Waals surface area contributed by atoms with E-state index in [9.17, 15) is 57.6 Å². The number of aliphatic hydroxyl groups is 2. The van der Waals surface area contributed by atoms with Gasteiger partial charge in [-0.2, -0.15) is 0 Å². The summed E-state index contributed by atoms with van der Waals surface area (Å²) in [5.41, 5.74) is 11.2. The molecule has 434 valence electrons. The molecule has 0 saturated carbocycles. The third kappa shape index (κ3) is 12.2. The average molecular weight is 1200 g/mol. The molecule has 0 spiro atoms. The van der Waals surface area contributed by atoms with Crippen LogP contribution in [0.25, 0.3) is 33.4 Å². The van der Waals surface area contributed by atoms with Crippen molar-refractivity contribution in [1.29, 1.82) is 0 Å². The summed E-state index contributed by atoms with van der Waals surface area (Å²) in [6.45, 7) is 1.54. The molecule has 9 rings (SSSR count). The quantitative estimate of drug-likeness (QED) is 0.0280. The number of nitrogens with zero attached hydrogens (tertiary/aromatic N) is 9. The van der Waals surface area contributed by atoms with E-state index in [1.165, 1.54) is 38.0 Å². The summed E-state index contributed by atoms with van der Waals surface area (Å²) in [7, 11) is -21.0. The van der Waals surface area contributed by atoms with E-state index in [0.29, 0.717) is 5.69 Å². The fraction of sp³-hybridized carbons (Fsp3) is 0.579. The highest BCUT2D eigenvalue weighted by Crippen LogP contribution is 2.63. The summed E-state index contributed by atoms with van der Waals surface area (Å²) in [6.07, 6.45) is -14.1. The molecule has 0 radical (unpaired) electrons. The summed E-state index contributed by atoms with van der Waals surface area (Å²) in [4.78, 5) is 103. The van der Waals surface area contributed by atoms with Gasteiger partial charge in [0.2, 0.25) is 11.7 Å². The number of hydrogen-bond donors (Lipinski definition) is 6. The number of aryl methyl sites for hydroxylation is 2. The lowest BCUT2D eigenvalue weighted by atomic mass is 10.1. The highest BCUT2D eigenvalue weighted by Gasteiger charge is 2.52. The molecule has 6 aromatic heterocycles. The molecule has 3 saturated heterocycles. The van der Waals surface area contributed by atoms with Crippen molar-refractivity contribution < 1.29 is 108 Å². The van der Waals surface area contributed by atoms with Gasteiger partial charge in [-0.1, -0.05) is 4.98 Å². The Morgan fingerprint density at radius 3 is 1.99 bits per heavy atom. The lowest BCUT2D eigenvalue weighted by Gasteiger charge is -2.35. The van der Waals surface area contributed by atoms with Crippen LogP contribution in [0.2, 0.25) is 0 Å². The Hall–Kier alpha value is -4.88. The fourth-order valence-corrected chi connectivity index (χ4v) is 13.6. The van der Waals surface area contributed by atoms with E-state index in [-0.39, 0.29) is 45.1 Å². The Labute approximate surface area is 442 Å². The second-order valence-corrected chi connectivity index (χ2v) is 24.0. The second kappa shape index (κ2) is 22.5. The van der Waals surface area contributed by atoms with Crippen LogP contribution in [-0.2, 0) is 80.4 Å². The van der Waals surface area contributed by atoms with Crippen LogP contribution in [-0.4, -0.2) is 154 Å². The van der Waals surface area contributed by atoms with Crippen molar-refractivity contribution in [3.63, 3.8) is 0 Å². The van der Waals surface area contributed by atoms with Gasteiger partial charge in [0.15, 0.2) is 35.8 Å². The van der Waals surface area contributed by atoms with Crippen molar-refractivity contribution in [3.05, 3.63) is 57.8 Å². The summed E-state index contributed by atoms with van der Waals surface area (Å²) < 4.78 is 121. The monoisotopic (exact) mass is 1200 g/mol. The number of phosphoric ester groups is 3. The Morgan fingerprint density at radius 2 is 1.34 bits per heavy atom. The molecule has 37 nitrogen and oxygen atoms in total. The summed E-state index contributed by atoms with van der Waals surface area (Å²) >= 11 is 0. The number of ether oxygens (including phenoxy) is 6. The number of hydrogen-bond acceptors (Lipinski definition) is 31. The minimum absolute atomic E-state index is 0.00118. The zero-order valence-electron chi connectivity index (χ0n) is 41.9. The van der Waals surface area contributed by atoms with E-state index in [0.717, 1.165) is 26.9 Å². The van der Waals surface area contributed by atoms with Gasteiger partial charge < -0.3 is 97.3 Å². The Balaban J connectivity index is 0.882. The zero-order valence-corrected chi connectivity index (χ0v) is 45.4. The van der Waals surface area contributed by atoms with Gasteiger partial charge in [-0.25, -0.2) is 33.1 Å². The highest BCUT2D eigenvalue weighted by atomic mass is 31.3. The number of rotatable bonds is 22. The van der Waals surface area contributed by atoms with Crippen LogP contribution in [0.3, 0.4) is 0 Å². The number of aromatic amines is 2. The smallest absolute Gasteiger partial charge is 0.313 e. The SMILES string of the molecule is CO[C@@H]1C(O)[C@H]([n+]2cn(C)c3c(=O)[nH]c(N)nc32)O[C@@H]1COP(=O)([O-])OP(=O)([O-])OP(=O)([O-])OC[C@H]1O[C@@H](n2cnc3c(N)ncnc32)[C@@H](OC)C1OP(=O)([O-])OC[C@H]1O[C@@H](n2cnc3c(=O)[nH]c(C)cc32)[C@@H](O)C1OC(C)C. The molecular weight excluding hydrogens is 1150 g/mol. The van der Waals surface area contributed by atoms with Crippen LogP contribution in [0.15, 0.2) is 41.0 Å². The van der Waals surface area contributed by atoms with Gasteiger partial charge in [-0.15, -0.1) is 0 Å². The lowest BCUT2D eigenvalue weighted by Crippen LogP contribution is -2.46. The topological polar surface area (TPSA) is 513 Å². The predicted octanol–water partition coefficient (Wildman–Crippen LogP) is -3.82. The van der Waals surface area contributed by atoms with E-state index in [2.05, 4.69) is 48.0 Å². The maximum atomic E-state index is 13.8. The summed E-state index contributed by atoms with van der Waals surface area (Å²) in [6, 6.07) is 1.58. The number of nitrogen functional groups attached to an aromatic ring is 2. The van der Waals surface area contributed by atoms with Gasteiger partial charge in [-0.05, 0) is 26.8 Å². The number of pyridine rings is 1. The number of phosphoric acid groups is 4. The number of H-pyrrole nitrogens is 2. The van der Waals surface area contributed by atoms with E-state index >= 15 is 0 Å². The number of nitrogens with one attached hydrogen (secondary N) is 2. The first kappa shape index (κ1) is 58.8. The summed E-state index contributed by atoms with van der Waals surface area (Å²) in [5, 5.41) is 22.6. The van der Waals surface area contributed by atoms with Crippen molar-refractivity contribution in [2.45, 2.75) is 100 Å². The van der Waals surface area contributed by atoms with Crippen molar-refractivity contribution >= 4 is 76.4 Å². The van der Waals surface area contributed by atoms with Crippen molar-refractivity contribution in [2.24, 2.45) is 7.05 Å². The standard InChI is InChI=1S/C38H53N13O24P4/c1-15(2)69-27-19(71-35(25(27)53)49-12-43-21-17(49)7-16(3)45-33(21)54)9-66-76(56,57)73-28-20(72-37(29(28)65-6)50-13-44-22-30(39)41-11-42-31(22)50)10-68-78(60,61)75-79(62,63)74-77(58,59)67-8-18-26(64-5)24(52)36(70-18)51-14-48(4)23-32(51)46-38(40)47-34(23)55/h7,11-15,18-20,24-29,35-37,52-53H,8-10H2,1-6H3,(H9-,39,40,41,42,45,46,47,54,55,56,57,58,59,60,61,62,63)/p-3/t18-,19-,20-,24?,25+,26+,27?,28?,29+,35-,36-,37-/m1/s1. The molecule has 41 heteroatoms. The molecule has 3 fully saturated rings. The van der Waals surface area contributed by atoms with Crippen molar-refractivity contribution in [1.82, 2.24) is 48.6 Å². The Bertz CT molecular complexity index is 3560. The normalized spacial score (nSPS) is 29.6. The molecule has 16 atom stereocenters. The second-order valence-electron chi connectivity index (χ2n) is 18.1. The largest absolute Gasteiger partial charge is 0.756 e. The Kier molecular flexibility index (Phi) is 16.7. The van der Waals surface area contributed by atoms with Gasteiger partial charge in [0.1, 0.15) is 66.8 Å². The fourth-order valence-electron chi connectivity index (χ4n) is 9.25. The van der Waals surface area contributed by atoms with Crippen molar-refractivity contribution in [2.75, 3.05) is 45.5 Å². The Morgan fingerprint density at radius 1 is 0.747 bits per heavy atom. The number of aromatic nitrogens is 11. The number of fused-ring (bicyclic) bond motifs is 3. The third-order valence-corrected chi connectivity index (χ3v) is 17.5. The first-order valence-electron chi connectivity index (χ1n) is 23.2. The number of aliphatic hydroxyl groups excluding tert-OH is 2.